The molecule has 0 radical (unpaired) electrons. The van der Waals surface area contributed by atoms with Gasteiger partial charge in [0.2, 0.25) is 0 Å². The maximum Gasteiger partial charge on any atom is 0.119 e. The highest BCUT2D eigenvalue weighted by atomic mass is 16.5. The number of hydrogen-bond donors (Lipinski definition) is 1. The Bertz CT molecular complexity index is 394. The Kier molecular flexibility index (Phi) is 2.83. The van der Waals surface area contributed by atoms with Crippen molar-refractivity contribution in [1.29, 1.82) is 0 Å². The molecular formula is C15H21NO. The first kappa shape index (κ1) is 11.1. The van der Waals surface area contributed by atoms with Crippen LogP contribution in [0.4, 0.5) is 0 Å². The van der Waals surface area contributed by atoms with Crippen LogP contribution < -0.4 is 10.1 Å². The normalized spacial score (nSPS) is 32.0. The molecule has 3 unspecified atom stereocenters. The van der Waals surface area contributed by atoms with Gasteiger partial charge in [0.05, 0.1) is 7.11 Å². The van der Waals surface area contributed by atoms with E-state index < -0.39 is 0 Å². The molecule has 17 heavy (non-hydrogen) atoms. The third-order valence-electron chi connectivity index (χ3n) is 4.62. The molecule has 0 amide bonds. The topological polar surface area (TPSA) is 21.3 Å². The van der Waals surface area contributed by atoms with Crippen molar-refractivity contribution < 1.29 is 4.74 Å². The summed E-state index contributed by atoms with van der Waals surface area (Å²) >= 11 is 0. The van der Waals surface area contributed by atoms with E-state index in [1.54, 1.807) is 7.11 Å². The zero-order valence-corrected chi connectivity index (χ0v) is 10.6. The van der Waals surface area contributed by atoms with Crippen molar-refractivity contribution in [2.45, 2.75) is 25.3 Å². The first-order valence-corrected chi connectivity index (χ1v) is 6.66. The average molecular weight is 231 g/mol. The standard InChI is InChI=1S/C15H21NO/c1-16-15(14-12-7-4-8-13(12)14)10-5-3-6-11(9-10)17-2/h3,5-6,9,12-16H,4,7-8H2,1-2H3. The van der Waals surface area contributed by atoms with Gasteiger partial charge < -0.3 is 10.1 Å². The molecule has 0 bridgehead atoms. The Morgan fingerprint density at radius 1 is 1.29 bits per heavy atom. The Morgan fingerprint density at radius 3 is 2.71 bits per heavy atom. The number of benzene rings is 1. The zero-order chi connectivity index (χ0) is 11.8. The van der Waals surface area contributed by atoms with Crippen molar-refractivity contribution in [1.82, 2.24) is 5.32 Å². The van der Waals surface area contributed by atoms with Crippen molar-refractivity contribution in [3.63, 3.8) is 0 Å². The Morgan fingerprint density at radius 2 is 2.06 bits per heavy atom. The first-order chi connectivity index (χ1) is 8.35. The molecule has 0 aromatic heterocycles. The second-order valence-electron chi connectivity index (χ2n) is 5.38. The summed E-state index contributed by atoms with van der Waals surface area (Å²) in [6.45, 7) is 0. The van der Waals surface area contributed by atoms with Crippen molar-refractivity contribution >= 4 is 0 Å². The second kappa shape index (κ2) is 4.34. The molecule has 0 saturated heterocycles. The number of rotatable bonds is 4. The highest BCUT2D eigenvalue weighted by Gasteiger charge is 2.55. The first-order valence-electron chi connectivity index (χ1n) is 6.66. The molecule has 2 fully saturated rings. The zero-order valence-electron chi connectivity index (χ0n) is 10.6. The van der Waals surface area contributed by atoms with E-state index in [2.05, 4.69) is 30.6 Å². The largest absolute Gasteiger partial charge is 0.497 e. The fourth-order valence-electron chi connectivity index (χ4n) is 3.79. The van der Waals surface area contributed by atoms with Gasteiger partial charge in [0.1, 0.15) is 5.75 Å². The lowest BCUT2D eigenvalue weighted by Gasteiger charge is -2.19. The van der Waals surface area contributed by atoms with Crippen LogP contribution in [0.2, 0.25) is 0 Å². The maximum atomic E-state index is 5.32. The lowest BCUT2D eigenvalue weighted by Crippen LogP contribution is -2.20. The van der Waals surface area contributed by atoms with Gasteiger partial charge in [-0.15, -0.1) is 0 Å². The lowest BCUT2D eigenvalue weighted by molar-refractivity contribution is 0.409. The highest BCUT2D eigenvalue weighted by Crippen LogP contribution is 2.62. The molecule has 1 N–H and O–H groups in total. The van der Waals surface area contributed by atoms with E-state index in [1.807, 2.05) is 6.07 Å². The smallest absolute Gasteiger partial charge is 0.119 e. The highest BCUT2D eigenvalue weighted by molar-refractivity contribution is 5.32. The Balaban J connectivity index is 1.80. The van der Waals surface area contributed by atoms with Crippen LogP contribution in [0, 0.1) is 17.8 Å². The molecule has 1 aromatic carbocycles. The molecule has 0 aliphatic heterocycles. The van der Waals surface area contributed by atoms with Crippen molar-refractivity contribution in [3.8, 4) is 5.75 Å². The molecule has 3 rings (SSSR count). The molecule has 92 valence electrons. The van der Waals surface area contributed by atoms with Crippen molar-refractivity contribution in [2.24, 2.45) is 17.8 Å². The van der Waals surface area contributed by atoms with E-state index in [4.69, 9.17) is 4.74 Å². The van der Waals surface area contributed by atoms with Gasteiger partial charge in [-0.1, -0.05) is 18.6 Å². The third-order valence-corrected chi connectivity index (χ3v) is 4.62. The molecule has 2 saturated carbocycles. The molecule has 1 aromatic rings. The summed E-state index contributed by atoms with van der Waals surface area (Å²) in [7, 11) is 3.82. The van der Waals surface area contributed by atoms with E-state index in [9.17, 15) is 0 Å². The van der Waals surface area contributed by atoms with E-state index in [0.29, 0.717) is 6.04 Å². The number of nitrogens with one attached hydrogen (secondary N) is 1. The Hall–Kier alpha value is -1.02. The second-order valence-corrected chi connectivity index (χ2v) is 5.38. The van der Waals surface area contributed by atoms with Crippen LogP contribution in [0.15, 0.2) is 24.3 Å². The van der Waals surface area contributed by atoms with E-state index >= 15 is 0 Å². The number of methoxy groups -OCH3 is 1. The van der Waals surface area contributed by atoms with Crippen LogP contribution >= 0.6 is 0 Å². The fraction of sp³-hybridized carbons (Fsp3) is 0.600. The summed E-state index contributed by atoms with van der Waals surface area (Å²) in [6, 6.07) is 9.02. The van der Waals surface area contributed by atoms with E-state index in [-0.39, 0.29) is 0 Å². The predicted octanol–water partition coefficient (Wildman–Crippen LogP) is 3.00. The van der Waals surface area contributed by atoms with Gasteiger partial charge in [0.25, 0.3) is 0 Å². The molecule has 2 nitrogen and oxygen atoms in total. The van der Waals surface area contributed by atoms with Gasteiger partial charge >= 0.3 is 0 Å². The van der Waals surface area contributed by atoms with Crippen LogP contribution in [0.25, 0.3) is 0 Å². The lowest BCUT2D eigenvalue weighted by atomic mass is 9.97. The van der Waals surface area contributed by atoms with Crippen LogP contribution in [0.1, 0.15) is 30.9 Å². The molecule has 0 spiro atoms. The van der Waals surface area contributed by atoms with Gasteiger partial charge in [-0.3, -0.25) is 0 Å². The van der Waals surface area contributed by atoms with Gasteiger partial charge in [-0.25, -0.2) is 0 Å². The van der Waals surface area contributed by atoms with Crippen molar-refractivity contribution in [2.75, 3.05) is 14.2 Å². The summed E-state index contributed by atoms with van der Waals surface area (Å²) in [5.41, 5.74) is 1.38. The molecule has 0 heterocycles. The predicted molar refractivity (Wildman–Crippen MR) is 69.1 cm³/mol. The van der Waals surface area contributed by atoms with Gasteiger partial charge in [0, 0.05) is 6.04 Å². The summed E-state index contributed by atoms with van der Waals surface area (Å²) < 4.78 is 5.32. The minimum atomic E-state index is 0.514. The summed E-state index contributed by atoms with van der Waals surface area (Å²) in [6.07, 6.45) is 4.33. The molecule has 2 heteroatoms. The molecule has 3 atom stereocenters. The van der Waals surface area contributed by atoms with Gasteiger partial charge in [-0.05, 0) is 55.3 Å². The van der Waals surface area contributed by atoms with Gasteiger partial charge in [-0.2, -0.15) is 0 Å². The molecule has 2 aliphatic rings. The summed E-state index contributed by atoms with van der Waals surface area (Å²) in [4.78, 5) is 0. The number of ether oxygens (including phenoxy) is 1. The SMILES string of the molecule is CNC(c1cccc(OC)c1)C1C2CCCC21. The number of hydrogen-bond acceptors (Lipinski definition) is 2. The monoisotopic (exact) mass is 231 g/mol. The fourth-order valence-corrected chi connectivity index (χ4v) is 3.79. The van der Waals surface area contributed by atoms with Crippen LogP contribution in [-0.4, -0.2) is 14.2 Å². The summed E-state index contributed by atoms with van der Waals surface area (Å²) in [5.74, 6) is 3.80. The van der Waals surface area contributed by atoms with Crippen LogP contribution in [-0.2, 0) is 0 Å². The van der Waals surface area contributed by atoms with E-state index in [1.165, 1.54) is 24.8 Å². The van der Waals surface area contributed by atoms with E-state index in [0.717, 1.165) is 23.5 Å². The minimum absolute atomic E-state index is 0.514. The molecular weight excluding hydrogens is 210 g/mol. The van der Waals surface area contributed by atoms with Crippen molar-refractivity contribution in [3.05, 3.63) is 29.8 Å². The quantitative estimate of drug-likeness (QED) is 0.860. The number of fused-ring (bicyclic) bond motifs is 1. The summed E-state index contributed by atoms with van der Waals surface area (Å²) in [5, 5.41) is 3.50. The van der Waals surface area contributed by atoms with Crippen LogP contribution in [0.5, 0.6) is 5.75 Å². The molecule has 2 aliphatic carbocycles. The Labute approximate surface area is 103 Å². The minimum Gasteiger partial charge on any atom is -0.497 e. The maximum absolute atomic E-state index is 5.32. The third kappa shape index (κ3) is 1.85. The van der Waals surface area contributed by atoms with Crippen LogP contribution in [0.3, 0.4) is 0 Å². The average Bonchev–Trinajstić information content (AvgIpc) is 2.85. The van der Waals surface area contributed by atoms with Gasteiger partial charge in [0.15, 0.2) is 0 Å².